The Morgan fingerprint density at radius 1 is 0.375 bits per heavy atom. The highest BCUT2D eigenvalue weighted by atomic mass is 16.4. The lowest BCUT2D eigenvalue weighted by Crippen LogP contribution is -2.04. The van der Waals surface area contributed by atoms with E-state index in [2.05, 4.69) is 161 Å². The largest absolute Gasteiger partial charge is 0.503 e. The number of allylic oxidation sites excluding steroid dienone is 1. The maximum atomic E-state index is 11.0. The number of fused-ring (bicyclic) bond motifs is 14. The van der Waals surface area contributed by atoms with Gasteiger partial charge >= 0.3 is 0 Å². The molecule has 0 radical (unpaired) electrons. The van der Waals surface area contributed by atoms with E-state index in [-0.39, 0.29) is 5.69 Å². The summed E-state index contributed by atoms with van der Waals surface area (Å²) in [6.07, 6.45) is 5.44. The highest BCUT2D eigenvalue weighted by molar-refractivity contribution is 6.32. The molecule has 5 N–H and O–H groups in total. The molecule has 0 spiro atoms. The average molecular weight is 832 g/mol. The molecule has 8 nitrogen and oxygen atoms in total. The van der Waals surface area contributed by atoms with Gasteiger partial charge in [-0.3, -0.25) is 0 Å². The number of hydrogen-bond donors (Lipinski definition) is 5. The molecule has 9 aromatic carbocycles. The van der Waals surface area contributed by atoms with Crippen LogP contribution in [0.25, 0.3) is 110 Å². The number of phenols is 5. The number of aromatic nitrogens is 3. The van der Waals surface area contributed by atoms with Crippen molar-refractivity contribution in [3.63, 3.8) is 0 Å². The first-order valence-electron chi connectivity index (χ1n) is 21.4. The Hall–Kier alpha value is -8.62. The van der Waals surface area contributed by atoms with Gasteiger partial charge in [0.15, 0.2) is 11.5 Å². The number of aromatic hydroxyl groups is 5. The fourth-order valence-corrected chi connectivity index (χ4v) is 10.6. The Morgan fingerprint density at radius 2 is 0.891 bits per heavy atom. The standard InChI is InChI=1S/C56H37N3O5/c60-52-51(53(61)55(63)56(64)54(52)62)59-45-22-9-6-17-38(45)43-29-32(25-27-48(43)59)31-24-26-47-42(28-31)37-16-5-8-21-44(37)57(47)33-12-11-13-34(30-33)58-46-23-10-7-20-41(46)49-39-18-3-1-14-35(39)36-15-2-4-19-40(36)50(49)58/h1-8,10-21,23-30,60-64H,9,22H2. The number of hydrogen-bond acceptors (Lipinski definition) is 5. The van der Waals surface area contributed by atoms with Crippen molar-refractivity contribution < 1.29 is 25.5 Å². The molecule has 0 atom stereocenters. The van der Waals surface area contributed by atoms with Crippen molar-refractivity contribution in [3.05, 3.63) is 175 Å². The molecule has 0 bridgehead atoms. The van der Waals surface area contributed by atoms with Crippen molar-refractivity contribution >= 4 is 82.1 Å². The second kappa shape index (κ2) is 13.2. The van der Waals surface area contributed by atoms with Crippen molar-refractivity contribution in [2.24, 2.45) is 0 Å². The van der Waals surface area contributed by atoms with Crippen LogP contribution in [-0.4, -0.2) is 39.2 Å². The van der Waals surface area contributed by atoms with E-state index in [1.165, 1.54) is 37.8 Å². The molecule has 1 aliphatic rings. The van der Waals surface area contributed by atoms with Gasteiger partial charge in [-0.2, -0.15) is 0 Å². The first-order valence-corrected chi connectivity index (χ1v) is 21.4. The first-order chi connectivity index (χ1) is 31.4. The molecule has 13 rings (SSSR count). The second-order valence-electron chi connectivity index (χ2n) is 16.7. The van der Waals surface area contributed by atoms with Crippen molar-refractivity contribution in [1.29, 1.82) is 0 Å². The lowest BCUT2D eigenvalue weighted by Gasteiger charge is -2.17. The molecule has 0 unspecified atom stereocenters. The zero-order chi connectivity index (χ0) is 43.0. The van der Waals surface area contributed by atoms with E-state index in [4.69, 9.17) is 0 Å². The third-order valence-corrected chi connectivity index (χ3v) is 13.4. The highest BCUT2D eigenvalue weighted by Gasteiger charge is 2.29. The van der Waals surface area contributed by atoms with E-state index in [0.29, 0.717) is 11.9 Å². The third-order valence-electron chi connectivity index (χ3n) is 13.4. The Morgan fingerprint density at radius 3 is 1.59 bits per heavy atom. The molecule has 1 aliphatic carbocycles. The minimum Gasteiger partial charge on any atom is -0.503 e. The van der Waals surface area contributed by atoms with Crippen LogP contribution in [-0.2, 0) is 6.42 Å². The molecule has 306 valence electrons. The van der Waals surface area contributed by atoms with Gasteiger partial charge in [0, 0.05) is 54.9 Å². The van der Waals surface area contributed by atoms with Crippen LogP contribution in [0, 0.1) is 0 Å². The lowest BCUT2D eigenvalue weighted by atomic mass is 9.97. The Labute approximate surface area is 364 Å². The smallest absolute Gasteiger partial charge is 0.208 e. The van der Waals surface area contributed by atoms with Gasteiger partial charge in [-0.05, 0) is 94.7 Å². The van der Waals surface area contributed by atoms with E-state index < -0.39 is 28.7 Å². The maximum Gasteiger partial charge on any atom is 0.208 e. The van der Waals surface area contributed by atoms with Gasteiger partial charge < -0.3 is 39.2 Å². The molecule has 0 saturated heterocycles. The fourth-order valence-electron chi connectivity index (χ4n) is 10.6. The fraction of sp³-hybridized carbons (Fsp3) is 0.0357. The topological polar surface area (TPSA) is 116 Å². The van der Waals surface area contributed by atoms with Gasteiger partial charge in [0.1, 0.15) is 5.69 Å². The summed E-state index contributed by atoms with van der Waals surface area (Å²) in [5.74, 6) is -4.25. The second-order valence-corrected chi connectivity index (χ2v) is 16.7. The number of para-hydroxylation sites is 2. The summed E-state index contributed by atoms with van der Waals surface area (Å²) in [5.41, 5.74) is 10.8. The van der Waals surface area contributed by atoms with Gasteiger partial charge in [0.2, 0.25) is 17.2 Å². The molecule has 0 amide bonds. The summed E-state index contributed by atoms with van der Waals surface area (Å²) >= 11 is 0. The maximum absolute atomic E-state index is 11.0. The van der Waals surface area contributed by atoms with Crippen molar-refractivity contribution in [2.45, 2.75) is 12.8 Å². The van der Waals surface area contributed by atoms with Crippen molar-refractivity contribution in [1.82, 2.24) is 13.7 Å². The monoisotopic (exact) mass is 831 g/mol. The Bertz CT molecular complexity index is 4010. The van der Waals surface area contributed by atoms with Crippen LogP contribution >= 0.6 is 0 Å². The molecule has 3 heterocycles. The van der Waals surface area contributed by atoms with E-state index in [1.807, 2.05) is 18.2 Å². The van der Waals surface area contributed by atoms with E-state index in [0.717, 1.165) is 72.9 Å². The Kier molecular flexibility index (Phi) is 7.44. The van der Waals surface area contributed by atoms with Gasteiger partial charge in [0.05, 0.1) is 27.6 Å². The quantitative estimate of drug-likeness (QED) is 0.0688. The van der Waals surface area contributed by atoms with Gasteiger partial charge in [-0.1, -0.05) is 115 Å². The van der Waals surface area contributed by atoms with Gasteiger partial charge in [-0.15, -0.1) is 0 Å². The number of benzene rings is 9. The van der Waals surface area contributed by atoms with Crippen LogP contribution in [0.1, 0.15) is 17.7 Å². The van der Waals surface area contributed by atoms with Crippen LogP contribution in [0.4, 0.5) is 0 Å². The summed E-state index contributed by atoms with van der Waals surface area (Å²) in [5, 5.41) is 63.7. The lowest BCUT2D eigenvalue weighted by molar-refractivity contribution is 0.327. The zero-order valence-electron chi connectivity index (χ0n) is 34.2. The minimum atomic E-state index is -0.985. The molecular formula is C56H37N3O5. The SMILES string of the molecule is Oc1c(O)c(O)c(-n2c3c(c4cc(-c5ccc6c(c5)c5ccccc5n6-c5cccc(-n6c7ccccc7c7c8ccccc8c8ccccc8c76)c5)ccc42)C=CCC3)c(O)c1O. The third kappa shape index (κ3) is 4.82. The molecule has 12 aromatic rings. The molecule has 64 heavy (non-hydrogen) atoms. The molecular weight excluding hydrogens is 795 g/mol. The van der Waals surface area contributed by atoms with Gasteiger partial charge in [0.25, 0.3) is 0 Å². The van der Waals surface area contributed by atoms with Crippen LogP contribution in [0.2, 0.25) is 0 Å². The molecule has 0 saturated carbocycles. The van der Waals surface area contributed by atoms with Crippen LogP contribution in [0.15, 0.2) is 164 Å². The number of rotatable bonds is 4. The van der Waals surface area contributed by atoms with E-state index >= 15 is 0 Å². The normalized spacial score (nSPS) is 12.8. The van der Waals surface area contributed by atoms with Gasteiger partial charge in [-0.25, -0.2) is 0 Å². The summed E-state index contributed by atoms with van der Waals surface area (Å²) in [6, 6.07) is 56.2. The summed E-state index contributed by atoms with van der Waals surface area (Å²) in [6.45, 7) is 0. The van der Waals surface area contributed by atoms with E-state index in [1.54, 1.807) is 4.57 Å². The minimum absolute atomic E-state index is 0.194. The predicted molar refractivity (Wildman–Crippen MR) is 258 cm³/mol. The summed E-state index contributed by atoms with van der Waals surface area (Å²) < 4.78 is 6.45. The highest BCUT2D eigenvalue weighted by Crippen LogP contribution is 2.54. The van der Waals surface area contributed by atoms with Crippen molar-refractivity contribution in [2.75, 3.05) is 0 Å². The molecule has 0 fully saturated rings. The van der Waals surface area contributed by atoms with Crippen LogP contribution < -0.4 is 0 Å². The number of nitrogens with zero attached hydrogens (tertiary/aromatic N) is 3. The average Bonchev–Trinajstić information content (AvgIpc) is 3.99. The Balaban J connectivity index is 0.994. The zero-order valence-corrected chi connectivity index (χ0v) is 34.2. The van der Waals surface area contributed by atoms with Crippen LogP contribution in [0.3, 0.4) is 0 Å². The van der Waals surface area contributed by atoms with Crippen molar-refractivity contribution in [3.8, 4) is 56.9 Å². The number of phenolic OH excluding ortho intramolecular Hbond substituents is 5. The summed E-state index contributed by atoms with van der Waals surface area (Å²) in [7, 11) is 0. The van der Waals surface area contributed by atoms with E-state index in [9.17, 15) is 25.5 Å². The first kappa shape index (κ1) is 36.1. The summed E-state index contributed by atoms with van der Waals surface area (Å²) in [4.78, 5) is 0. The molecule has 8 heteroatoms. The van der Waals surface area contributed by atoms with Crippen LogP contribution in [0.5, 0.6) is 28.7 Å². The molecule has 3 aromatic heterocycles. The predicted octanol–water partition coefficient (Wildman–Crippen LogP) is 13.3. The molecule has 0 aliphatic heterocycles.